The minimum Gasteiger partial charge on any atom is -0.455 e. The Kier molecular flexibility index (Phi) is 4.30. The Bertz CT molecular complexity index is 407. The van der Waals surface area contributed by atoms with E-state index in [0.717, 1.165) is 6.42 Å². The zero-order valence-electron chi connectivity index (χ0n) is 10.6. The maximum atomic E-state index is 11.9. The second kappa shape index (κ2) is 5.76. The fourth-order valence-electron chi connectivity index (χ4n) is 2.25. The van der Waals surface area contributed by atoms with E-state index in [-0.39, 0.29) is 11.9 Å². The summed E-state index contributed by atoms with van der Waals surface area (Å²) < 4.78 is 5.44. The Morgan fingerprint density at radius 2 is 2.06 bits per heavy atom. The molecule has 1 aromatic carbocycles. The van der Waals surface area contributed by atoms with Crippen LogP contribution in [0.1, 0.15) is 30.6 Å². The van der Waals surface area contributed by atoms with Crippen molar-refractivity contribution in [1.82, 2.24) is 0 Å². The van der Waals surface area contributed by atoms with Crippen molar-refractivity contribution in [1.29, 1.82) is 0 Å². The van der Waals surface area contributed by atoms with Crippen molar-refractivity contribution >= 4 is 17.7 Å². The number of benzene rings is 1. The molecule has 0 spiro atoms. The van der Waals surface area contributed by atoms with Crippen molar-refractivity contribution in [2.45, 2.75) is 37.1 Å². The van der Waals surface area contributed by atoms with Crippen LogP contribution in [0.15, 0.2) is 30.3 Å². The summed E-state index contributed by atoms with van der Waals surface area (Å²) in [5.74, 6) is -0.175. The molecule has 98 valence electrons. The van der Waals surface area contributed by atoms with E-state index in [0.29, 0.717) is 10.8 Å². The van der Waals surface area contributed by atoms with Crippen LogP contribution < -0.4 is 0 Å². The van der Waals surface area contributed by atoms with E-state index in [1.54, 1.807) is 24.3 Å². The van der Waals surface area contributed by atoms with Crippen LogP contribution in [-0.4, -0.2) is 27.9 Å². The number of carbonyl (C=O) groups excluding carboxylic acids is 1. The van der Waals surface area contributed by atoms with E-state index in [1.165, 1.54) is 11.8 Å². The van der Waals surface area contributed by atoms with Gasteiger partial charge in [-0.15, -0.1) is 11.8 Å². The lowest BCUT2D eigenvalue weighted by Crippen LogP contribution is -2.31. The Morgan fingerprint density at radius 3 is 2.61 bits per heavy atom. The molecule has 1 aromatic rings. The lowest BCUT2D eigenvalue weighted by Gasteiger charge is -2.20. The van der Waals surface area contributed by atoms with Gasteiger partial charge in [-0.2, -0.15) is 0 Å². The fourth-order valence-corrected chi connectivity index (χ4v) is 3.66. The highest BCUT2D eigenvalue weighted by Crippen LogP contribution is 2.40. The van der Waals surface area contributed by atoms with E-state index in [1.807, 2.05) is 13.0 Å². The van der Waals surface area contributed by atoms with E-state index in [4.69, 9.17) is 4.74 Å². The molecule has 3 nitrogen and oxygen atoms in total. The molecule has 0 aliphatic carbocycles. The quantitative estimate of drug-likeness (QED) is 0.854. The molecule has 0 amide bonds. The van der Waals surface area contributed by atoms with E-state index in [2.05, 4.69) is 6.92 Å². The van der Waals surface area contributed by atoms with E-state index < -0.39 is 11.5 Å². The summed E-state index contributed by atoms with van der Waals surface area (Å²) in [6, 6.07) is 8.90. The highest BCUT2D eigenvalue weighted by Gasteiger charge is 2.42. The van der Waals surface area contributed by atoms with Crippen LogP contribution in [0.3, 0.4) is 0 Å². The Labute approximate surface area is 112 Å². The maximum absolute atomic E-state index is 11.9. The number of hydrogen-bond donors (Lipinski definition) is 1. The van der Waals surface area contributed by atoms with Gasteiger partial charge in [0, 0.05) is 11.2 Å². The minimum atomic E-state index is -0.613. The molecule has 0 saturated carbocycles. The van der Waals surface area contributed by atoms with Gasteiger partial charge in [-0.05, 0) is 18.6 Å². The molecule has 2 rings (SSSR count). The van der Waals surface area contributed by atoms with Crippen molar-refractivity contribution in [2.75, 3.05) is 0 Å². The van der Waals surface area contributed by atoms with Gasteiger partial charge in [-0.1, -0.05) is 32.0 Å². The Hall–Kier alpha value is -1.00. The van der Waals surface area contributed by atoms with Crippen molar-refractivity contribution in [3.63, 3.8) is 0 Å². The average Bonchev–Trinajstić information content (AvgIpc) is 2.67. The van der Waals surface area contributed by atoms with Crippen LogP contribution in [0.2, 0.25) is 0 Å². The second-order valence-electron chi connectivity index (χ2n) is 4.57. The second-order valence-corrected chi connectivity index (χ2v) is 5.93. The molecular formula is C14H18O3S. The van der Waals surface area contributed by atoms with Crippen molar-refractivity contribution in [3.05, 3.63) is 35.9 Å². The highest BCUT2D eigenvalue weighted by molar-refractivity contribution is 8.00. The van der Waals surface area contributed by atoms with Gasteiger partial charge in [-0.25, -0.2) is 4.79 Å². The minimum absolute atomic E-state index is 0.183. The number of hydrogen-bond acceptors (Lipinski definition) is 4. The largest absolute Gasteiger partial charge is 0.455 e. The number of aliphatic hydroxyl groups excluding tert-OH is 1. The zero-order chi connectivity index (χ0) is 13.1. The van der Waals surface area contributed by atoms with Crippen LogP contribution in [0, 0.1) is 5.92 Å². The lowest BCUT2D eigenvalue weighted by molar-refractivity contribution is -0.00690. The summed E-state index contributed by atoms with van der Waals surface area (Å²) in [4.78, 5) is 11.9. The number of thioether (sulfide) groups is 1. The standard InChI is InChI=1S/C14H18O3S/c1-3-11-9(2)12(14(16)18-11)17-13(15)10-7-5-4-6-8-10/h4-9,11-12,14,16H,3H2,1-2H3/t9-,11+,12-,14?/m1/s1. The molecule has 1 aliphatic rings. The molecule has 18 heavy (non-hydrogen) atoms. The highest BCUT2D eigenvalue weighted by atomic mass is 32.2. The van der Waals surface area contributed by atoms with Crippen LogP contribution >= 0.6 is 11.8 Å². The van der Waals surface area contributed by atoms with Crippen LogP contribution in [0.5, 0.6) is 0 Å². The topological polar surface area (TPSA) is 46.5 Å². The lowest BCUT2D eigenvalue weighted by atomic mass is 9.99. The summed E-state index contributed by atoms with van der Waals surface area (Å²) in [5, 5.41) is 10.3. The van der Waals surface area contributed by atoms with Gasteiger partial charge in [0.2, 0.25) is 0 Å². The first kappa shape index (κ1) is 13.4. The van der Waals surface area contributed by atoms with Gasteiger partial charge in [0.25, 0.3) is 0 Å². The molecule has 4 heteroatoms. The van der Waals surface area contributed by atoms with Crippen molar-refractivity contribution in [3.8, 4) is 0 Å². The first-order valence-electron chi connectivity index (χ1n) is 6.23. The molecule has 1 fully saturated rings. The molecule has 1 saturated heterocycles. The normalized spacial score (nSPS) is 31.3. The molecule has 0 bridgehead atoms. The number of esters is 1. The molecule has 0 radical (unpaired) electrons. The summed E-state index contributed by atoms with van der Waals surface area (Å²) in [6.45, 7) is 4.11. The fraction of sp³-hybridized carbons (Fsp3) is 0.500. The summed E-state index contributed by atoms with van der Waals surface area (Å²) >= 11 is 1.50. The summed E-state index contributed by atoms with van der Waals surface area (Å²) in [7, 11) is 0. The monoisotopic (exact) mass is 266 g/mol. The summed E-state index contributed by atoms with van der Waals surface area (Å²) in [6.07, 6.45) is 0.565. The average molecular weight is 266 g/mol. The first-order chi connectivity index (χ1) is 8.63. The Morgan fingerprint density at radius 1 is 1.39 bits per heavy atom. The molecule has 1 N–H and O–H groups in total. The molecule has 1 unspecified atom stereocenters. The molecule has 1 aliphatic heterocycles. The van der Waals surface area contributed by atoms with Crippen molar-refractivity contribution in [2.24, 2.45) is 5.92 Å². The Balaban J connectivity index is 2.04. The number of rotatable bonds is 3. The van der Waals surface area contributed by atoms with Gasteiger partial charge in [0.1, 0.15) is 11.5 Å². The van der Waals surface area contributed by atoms with Crippen LogP contribution in [0.25, 0.3) is 0 Å². The van der Waals surface area contributed by atoms with E-state index >= 15 is 0 Å². The van der Waals surface area contributed by atoms with Gasteiger partial charge in [-0.3, -0.25) is 0 Å². The number of carbonyl (C=O) groups is 1. The van der Waals surface area contributed by atoms with Gasteiger partial charge in [0.05, 0.1) is 5.56 Å². The van der Waals surface area contributed by atoms with Crippen LogP contribution in [-0.2, 0) is 4.74 Å². The number of ether oxygens (including phenoxy) is 1. The maximum Gasteiger partial charge on any atom is 0.338 e. The molecule has 0 aromatic heterocycles. The predicted molar refractivity (Wildman–Crippen MR) is 72.5 cm³/mol. The SMILES string of the molecule is CC[C@@H]1SC(O)[C@H](OC(=O)c2ccccc2)[C@@H]1C. The third-order valence-corrected chi connectivity index (χ3v) is 5.01. The third kappa shape index (κ3) is 2.70. The molecular weight excluding hydrogens is 248 g/mol. The third-order valence-electron chi connectivity index (χ3n) is 3.35. The summed E-state index contributed by atoms with van der Waals surface area (Å²) in [5.41, 5.74) is -0.0838. The van der Waals surface area contributed by atoms with E-state index in [9.17, 15) is 9.90 Å². The number of aliphatic hydroxyl groups is 1. The molecule has 4 atom stereocenters. The predicted octanol–water partition coefficient (Wildman–Crippen LogP) is 2.69. The van der Waals surface area contributed by atoms with Crippen molar-refractivity contribution < 1.29 is 14.6 Å². The zero-order valence-corrected chi connectivity index (χ0v) is 11.4. The van der Waals surface area contributed by atoms with Gasteiger partial charge < -0.3 is 9.84 Å². The van der Waals surface area contributed by atoms with Gasteiger partial charge in [0.15, 0.2) is 0 Å². The first-order valence-corrected chi connectivity index (χ1v) is 7.17. The van der Waals surface area contributed by atoms with Crippen LogP contribution in [0.4, 0.5) is 0 Å². The van der Waals surface area contributed by atoms with Gasteiger partial charge >= 0.3 is 5.97 Å². The molecule has 1 heterocycles. The smallest absolute Gasteiger partial charge is 0.338 e.